The van der Waals surface area contributed by atoms with Crippen LogP contribution in [0.4, 0.5) is 0 Å². The second-order valence-electron chi connectivity index (χ2n) is 7.23. The highest BCUT2D eigenvalue weighted by Gasteiger charge is 2.59. The van der Waals surface area contributed by atoms with Gasteiger partial charge >= 0.3 is 0 Å². The lowest BCUT2D eigenvalue weighted by molar-refractivity contribution is -0.157. The van der Waals surface area contributed by atoms with Crippen LogP contribution in [0.25, 0.3) is 0 Å². The van der Waals surface area contributed by atoms with E-state index in [-0.39, 0.29) is 29.3 Å². The quantitative estimate of drug-likeness (QED) is 0.785. The molecule has 2 atom stereocenters. The Morgan fingerprint density at radius 1 is 1.16 bits per heavy atom. The van der Waals surface area contributed by atoms with Gasteiger partial charge in [-0.1, -0.05) is 33.1 Å². The molecule has 1 N–H and O–H groups in total. The van der Waals surface area contributed by atoms with Crippen LogP contribution < -0.4 is 5.32 Å². The summed E-state index contributed by atoms with van der Waals surface area (Å²) in [7, 11) is 0. The van der Waals surface area contributed by atoms with Gasteiger partial charge in [0.2, 0.25) is 11.8 Å². The van der Waals surface area contributed by atoms with E-state index < -0.39 is 5.54 Å². The van der Waals surface area contributed by atoms with E-state index >= 15 is 0 Å². The van der Waals surface area contributed by atoms with Crippen LogP contribution in [0.15, 0.2) is 0 Å². The fourth-order valence-electron chi connectivity index (χ4n) is 3.76. The van der Waals surface area contributed by atoms with Crippen LogP contribution in [0.3, 0.4) is 0 Å². The fourth-order valence-corrected chi connectivity index (χ4v) is 3.76. The molecule has 0 aromatic heterocycles. The lowest BCUT2D eigenvalue weighted by Crippen LogP contribution is -2.70. The molecule has 3 fully saturated rings. The number of piperazine rings is 1. The van der Waals surface area contributed by atoms with Crippen LogP contribution in [-0.4, -0.2) is 34.3 Å². The summed E-state index contributed by atoms with van der Waals surface area (Å²) >= 11 is 0. The summed E-state index contributed by atoms with van der Waals surface area (Å²) in [5.41, 5.74) is -0.405. The van der Waals surface area contributed by atoms with Gasteiger partial charge in [-0.3, -0.25) is 9.59 Å². The number of carbonyl (C=O) groups excluding carboxylic acids is 2. The second-order valence-corrected chi connectivity index (χ2v) is 7.23. The van der Waals surface area contributed by atoms with Gasteiger partial charge in [0, 0.05) is 6.04 Å². The third-order valence-electron chi connectivity index (χ3n) is 5.31. The molecule has 0 bridgehead atoms. The van der Waals surface area contributed by atoms with Crippen LogP contribution in [0.2, 0.25) is 0 Å². The maximum atomic E-state index is 12.9. The minimum Gasteiger partial charge on any atom is -0.340 e. The van der Waals surface area contributed by atoms with E-state index in [9.17, 15) is 9.59 Å². The van der Waals surface area contributed by atoms with Gasteiger partial charge in [-0.25, -0.2) is 0 Å². The average Bonchev–Trinajstić information content (AvgIpc) is 2.97. The van der Waals surface area contributed by atoms with Gasteiger partial charge in [-0.15, -0.1) is 0 Å². The van der Waals surface area contributed by atoms with Gasteiger partial charge in [0.15, 0.2) is 0 Å². The zero-order chi connectivity index (χ0) is 13.8. The van der Waals surface area contributed by atoms with Crippen LogP contribution >= 0.6 is 0 Å². The van der Waals surface area contributed by atoms with Crippen molar-refractivity contribution in [2.24, 2.45) is 5.41 Å². The largest absolute Gasteiger partial charge is 0.340 e. The molecule has 106 valence electrons. The van der Waals surface area contributed by atoms with Crippen LogP contribution in [0.5, 0.6) is 0 Å². The topological polar surface area (TPSA) is 49.4 Å². The molecule has 0 aromatic rings. The first kappa shape index (κ1) is 12.9. The highest BCUT2D eigenvalue weighted by molar-refractivity contribution is 6.00. The van der Waals surface area contributed by atoms with Crippen molar-refractivity contribution in [3.05, 3.63) is 0 Å². The predicted octanol–water partition coefficient (Wildman–Crippen LogP) is 1.83. The number of hydrogen-bond acceptors (Lipinski definition) is 2. The Morgan fingerprint density at radius 3 is 2.26 bits per heavy atom. The Hall–Kier alpha value is -1.06. The Bertz CT molecular complexity index is 424. The summed E-state index contributed by atoms with van der Waals surface area (Å²) in [5.74, 6) is 0.207. The molecule has 0 aromatic carbocycles. The van der Waals surface area contributed by atoms with Crippen LogP contribution in [0, 0.1) is 5.41 Å². The molecule has 0 radical (unpaired) electrons. The summed E-state index contributed by atoms with van der Waals surface area (Å²) in [4.78, 5) is 27.1. The minimum atomic E-state index is -0.583. The normalized spacial score (nSPS) is 36.3. The molecule has 19 heavy (non-hydrogen) atoms. The molecule has 2 unspecified atom stereocenters. The first-order chi connectivity index (χ1) is 8.87. The van der Waals surface area contributed by atoms with Crippen molar-refractivity contribution in [1.82, 2.24) is 10.2 Å². The number of amides is 2. The van der Waals surface area contributed by atoms with Gasteiger partial charge in [0.1, 0.15) is 11.6 Å². The van der Waals surface area contributed by atoms with Gasteiger partial charge in [0.05, 0.1) is 0 Å². The SMILES string of the molecule is CC1C(=O)NC2(CCCCC2)C(=O)N1C1CC1(C)C. The second kappa shape index (κ2) is 3.97. The summed E-state index contributed by atoms with van der Waals surface area (Å²) in [6.07, 6.45) is 5.91. The first-order valence-electron chi connectivity index (χ1n) is 7.52. The van der Waals surface area contributed by atoms with Crippen molar-refractivity contribution in [1.29, 1.82) is 0 Å². The van der Waals surface area contributed by atoms with Crippen molar-refractivity contribution < 1.29 is 9.59 Å². The molecule has 1 heterocycles. The Kier molecular flexibility index (Phi) is 2.70. The molecule has 4 nitrogen and oxygen atoms in total. The number of carbonyl (C=O) groups is 2. The molecule has 1 aliphatic heterocycles. The Morgan fingerprint density at radius 2 is 1.74 bits per heavy atom. The molecule has 3 aliphatic rings. The van der Waals surface area contributed by atoms with Crippen molar-refractivity contribution in [2.75, 3.05) is 0 Å². The third kappa shape index (κ3) is 1.87. The fraction of sp³-hybridized carbons (Fsp3) is 0.867. The molecule has 1 spiro atoms. The number of rotatable bonds is 1. The third-order valence-corrected chi connectivity index (χ3v) is 5.31. The molecule has 1 saturated heterocycles. The van der Waals surface area contributed by atoms with E-state index in [4.69, 9.17) is 0 Å². The molecule has 2 aliphatic carbocycles. The molecular weight excluding hydrogens is 240 g/mol. The first-order valence-corrected chi connectivity index (χ1v) is 7.52. The van der Waals surface area contributed by atoms with Gasteiger partial charge in [-0.2, -0.15) is 0 Å². The maximum Gasteiger partial charge on any atom is 0.249 e. The van der Waals surface area contributed by atoms with Crippen molar-refractivity contribution >= 4 is 11.8 Å². The smallest absolute Gasteiger partial charge is 0.249 e. The van der Waals surface area contributed by atoms with E-state index in [0.717, 1.165) is 32.1 Å². The van der Waals surface area contributed by atoms with Crippen molar-refractivity contribution in [3.8, 4) is 0 Å². The summed E-state index contributed by atoms with van der Waals surface area (Å²) in [5, 5.41) is 3.04. The average molecular weight is 264 g/mol. The minimum absolute atomic E-state index is 0.0317. The zero-order valence-electron chi connectivity index (χ0n) is 12.2. The molecule has 2 amide bonds. The van der Waals surface area contributed by atoms with Crippen molar-refractivity contribution in [2.45, 2.75) is 76.9 Å². The molecule has 4 heteroatoms. The predicted molar refractivity (Wildman–Crippen MR) is 72.5 cm³/mol. The van der Waals surface area contributed by atoms with Gasteiger partial charge in [-0.05, 0) is 31.6 Å². The number of nitrogens with zero attached hydrogens (tertiary/aromatic N) is 1. The molecule has 3 rings (SSSR count). The Balaban J connectivity index is 1.90. The van der Waals surface area contributed by atoms with Gasteiger partial charge < -0.3 is 10.2 Å². The summed E-state index contributed by atoms with van der Waals surface area (Å²) in [6, 6.07) is -0.0633. The lowest BCUT2D eigenvalue weighted by atomic mass is 9.78. The maximum absolute atomic E-state index is 12.9. The Labute approximate surface area is 114 Å². The highest BCUT2D eigenvalue weighted by Crippen LogP contribution is 2.51. The van der Waals surface area contributed by atoms with Gasteiger partial charge in [0.25, 0.3) is 0 Å². The highest BCUT2D eigenvalue weighted by atomic mass is 16.2. The standard InChI is InChI=1S/C15H24N2O2/c1-10-12(18)16-15(7-5-4-6-8-15)13(19)17(10)11-9-14(11,2)3/h10-11H,4-9H2,1-3H3,(H,16,18). The van der Waals surface area contributed by atoms with Crippen LogP contribution in [0.1, 0.15) is 59.3 Å². The number of nitrogens with one attached hydrogen (secondary N) is 1. The lowest BCUT2D eigenvalue weighted by Gasteiger charge is -2.47. The van der Waals surface area contributed by atoms with E-state index in [1.54, 1.807) is 0 Å². The zero-order valence-corrected chi connectivity index (χ0v) is 12.2. The monoisotopic (exact) mass is 264 g/mol. The van der Waals surface area contributed by atoms with Crippen molar-refractivity contribution in [3.63, 3.8) is 0 Å². The van der Waals surface area contributed by atoms with E-state index in [1.807, 2.05) is 11.8 Å². The van der Waals surface area contributed by atoms with E-state index in [2.05, 4.69) is 19.2 Å². The van der Waals surface area contributed by atoms with E-state index in [0.29, 0.717) is 0 Å². The molecule has 2 saturated carbocycles. The summed E-state index contributed by atoms with van der Waals surface area (Å²) < 4.78 is 0. The van der Waals surface area contributed by atoms with Crippen LogP contribution in [-0.2, 0) is 9.59 Å². The van der Waals surface area contributed by atoms with E-state index in [1.165, 1.54) is 6.42 Å². The number of hydrogen-bond donors (Lipinski definition) is 1. The molecular formula is C15H24N2O2. The summed E-state index contributed by atoms with van der Waals surface area (Å²) in [6.45, 7) is 6.22.